The van der Waals surface area contributed by atoms with Crippen molar-refractivity contribution in [2.24, 2.45) is 0 Å². The number of carbonyl (C=O) groups is 1. The van der Waals surface area contributed by atoms with E-state index in [1.54, 1.807) is 0 Å². The van der Waals surface area contributed by atoms with E-state index in [0.29, 0.717) is 6.29 Å². The molecule has 0 atom stereocenters. The summed E-state index contributed by atoms with van der Waals surface area (Å²) in [7, 11) is 0. The van der Waals surface area contributed by atoms with Gasteiger partial charge in [-0.3, -0.25) is 4.79 Å². The van der Waals surface area contributed by atoms with Crippen molar-refractivity contribution in [3.8, 4) is 0 Å². The Bertz CT molecular complexity index is 118. The lowest BCUT2D eigenvalue weighted by Crippen LogP contribution is -1.95. The van der Waals surface area contributed by atoms with Crippen LogP contribution in [0.5, 0.6) is 0 Å². The normalized spacial score (nSPS) is 11.8. The molecule has 0 radical (unpaired) electrons. The molecule has 0 spiro atoms. The van der Waals surface area contributed by atoms with Gasteiger partial charge in [-0.15, -0.1) is 0 Å². The molecule has 0 aliphatic carbocycles. The third-order valence-corrected chi connectivity index (χ3v) is 0.744. The van der Waals surface area contributed by atoms with Crippen LogP contribution in [0.4, 0.5) is 0 Å². The smallest absolute Gasteiger partial charge is 0.164 e. The Labute approximate surface area is 59.5 Å². The number of ether oxygens (including phenoxy) is 1. The molecular weight excluding hydrogens is 140 g/mol. The van der Waals surface area contributed by atoms with Crippen LogP contribution in [0.15, 0.2) is 11.3 Å². The molecule has 0 aromatic rings. The Morgan fingerprint density at radius 1 is 1.67 bits per heavy atom. The van der Waals surface area contributed by atoms with E-state index < -0.39 is 0 Å². The SMILES string of the molecule is CC(C)OC=C(Cl)C=O. The summed E-state index contributed by atoms with van der Waals surface area (Å²) in [5.74, 6) is 0. The van der Waals surface area contributed by atoms with Crippen molar-refractivity contribution in [1.82, 2.24) is 0 Å². The maximum Gasteiger partial charge on any atom is 0.164 e. The van der Waals surface area contributed by atoms with Crippen molar-refractivity contribution >= 4 is 17.9 Å². The molecule has 0 aliphatic rings. The van der Waals surface area contributed by atoms with E-state index in [2.05, 4.69) is 0 Å². The van der Waals surface area contributed by atoms with Crippen molar-refractivity contribution in [1.29, 1.82) is 0 Å². The van der Waals surface area contributed by atoms with Gasteiger partial charge in [0, 0.05) is 0 Å². The van der Waals surface area contributed by atoms with Gasteiger partial charge in [-0.25, -0.2) is 0 Å². The second-order valence-electron chi connectivity index (χ2n) is 1.81. The Balaban J connectivity index is 3.56. The standard InChI is InChI=1S/C6H9ClO2/c1-5(2)9-4-6(7)3-8/h3-5H,1-2H3. The van der Waals surface area contributed by atoms with Gasteiger partial charge in [-0.05, 0) is 13.8 Å². The molecule has 0 unspecified atom stereocenters. The molecule has 0 fully saturated rings. The molecule has 0 heterocycles. The summed E-state index contributed by atoms with van der Waals surface area (Å²) in [5, 5.41) is 0.0868. The number of aldehydes is 1. The van der Waals surface area contributed by atoms with Crippen LogP contribution in [0.25, 0.3) is 0 Å². The predicted molar refractivity (Wildman–Crippen MR) is 36.2 cm³/mol. The number of hydrogen-bond acceptors (Lipinski definition) is 2. The summed E-state index contributed by atoms with van der Waals surface area (Å²) < 4.78 is 4.87. The zero-order chi connectivity index (χ0) is 7.28. The highest BCUT2D eigenvalue weighted by Crippen LogP contribution is 1.98. The molecule has 0 aromatic carbocycles. The molecular formula is C6H9ClO2. The predicted octanol–water partition coefficient (Wildman–Crippen LogP) is 1.69. The maximum absolute atomic E-state index is 9.84. The maximum atomic E-state index is 9.84. The van der Waals surface area contributed by atoms with Crippen molar-refractivity contribution in [2.75, 3.05) is 0 Å². The van der Waals surface area contributed by atoms with E-state index >= 15 is 0 Å². The zero-order valence-electron chi connectivity index (χ0n) is 5.43. The summed E-state index contributed by atoms with van der Waals surface area (Å²) in [5.41, 5.74) is 0. The fourth-order valence-corrected chi connectivity index (χ4v) is 0.280. The van der Waals surface area contributed by atoms with Crippen LogP contribution in [0, 0.1) is 0 Å². The second kappa shape index (κ2) is 4.39. The Morgan fingerprint density at radius 2 is 2.22 bits per heavy atom. The van der Waals surface area contributed by atoms with Gasteiger partial charge in [0.05, 0.1) is 6.10 Å². The van der Waals surface area contributed by atoms with E-state index in [4.69, 9.17) is 16.3 Å². The summed E-state index contributed by atoms with van der Waals surface area (Å²) in [6.45, 7) is 3.71. The molecule has 52 valence electrons. The van der Waals surface area contributed by atoms with E-state index in [1.165, 1.54) is 6.26 Å². The minimum atomic E-state index is 0.0682. The van der Waals surface area contributed by atoms with Gasteiger partial charge < -0.3 is 4.74 Å². The van der Waals surface area contributed by atoms with Gasteiger partial charge in [0.1, 0.15) is 11.3 Å². The lowest BCUT2D eigenvalue weighted by Gasteiger charge is -2.01. The fraction of sp³-hybridized carbons (Fsp3) is 0.500. The van der Waals surface area contributed by atoms with Crippen LogP contribution in [-0.4, -0.2) is 12.4 Å². The minimum absolute atomic E-state index is 0.0682. The molecule has 0 rings (SSSR count). The second-order valence-corrected chi connectivity index (χ2v) is 2.24. The molecule has 0 bridgehead atoms. The summed E-state index contributed by atoms with van der Waals surface area (Å²) >= 11 is 5.28. The average molecular weight is 149 g/mol. The summed E-state index contributed by atoms with van der Waals surface area (Å²) in [6, 6.07) is 0. The summed E-state index contributed by atoms with van der Waals surface area (Å²) in [4.78, 5) is 9.84. The average Bonchev–Trinajstić information content (AvgIpc) is 1.83. The fourth-order valence-electron chi connectivity index (χ4n) is 0.229. The van der Waals surface area contributed by atoms with E-state index in [-0.39, 0.29) is 11.1 Å². The topological polar surface area (TPSA) is 26.3 Å². The number of carbonyl (C=O) groups excluding carboxylic acids is 1. The third kappa shape index (κ3) is 5.37. The van der Waals surface area contributed by atoms with Gasteiger partial charge in [0.15, 0.2) is 6.29 Å². The van der Waals surface area contributed by atoms with E-state index in [9.17, 15) is 4.79 Å². The molecule has 3 heteroatoms. The quantitative estimate of drug-likeness (QED) is 0.346. The van der Waals surface area contributed by atoms with Gasteiger partial charge in [0.25, 0.3) is 0 Å². The van der Waals surface area contributed by atoms with Crippen molar-refractivity contribution < 1.29 is 9.53 Å². The lowest BCUT2D eigenvalue weighted by molar-refractivity contribution is -0.104. The molecule has 9 heavy (non-hydrogen) atoms. The van der Waals surface area contributed by atoms with Crippen LogP contribution in [0.1, 0.15) is 13.8 Å². The lowest BCUT2D eigenvalue weighted by atomic mass is 10.5. The van der Waals surface area contributed by atoms with Gasteiger partial charge in [-0.2, -0.15) is 0 Å². The van der Waals surface area contributed by atoms with Gasteiger partial charge in [-0.1, -0.05) is 11.6 Å². The van der Waals surface area contributed by atoms with E-state index in [1.807, 2.05) is 13.8 Å². The van der Waals surface area contributed by atoms with Crippen molar-refractivity contribution in [3.63, 3.8) is 0 Å². The largest absolute Gasteiger partial charge is 0.497 e. The molecule has 0 aliphatic heterocycles. The molecule has 0 amide bonds. The number of rotatable bonds is 3. The molecule has 2 nitrogen and oxygen atoms in total. The minimum Gasteiger partial charge on any atom is -0.497 e. The highest BCUT2D eigenvalue weighted by Gasteiger charge is 1.89. The van der Waals surface area contributed by atoms with Crippen molar-refractivity contribution in [2.45, 2.75) is 20.0 Å². The van der Waals surface area contributed by atoms with Gasteiger partial charge >= 0.3 is 0 Å². The highest BCUT2D eigenvalue weighted by molar-refractivity contribution is 6.38. The van der Waals surface area contributed by atoms with Crippen molar-refractivity contribution in [3.05, 3.63) is 11.3 Å². The summed E-state index contributed by atoms with van der Waals surface area (Å²) in [6.07, 6.45) is 1.84. The number of halogens is 1. The Kier molecular flexibility index (Phi) is 4.14. The number of allylic oxidation sites excluding steroid dienone is 1. The van der Waals surface area contributed by atoms with Gasteiger partial charge in [0.2, 0.25) is 0 Å². The van der Waals surface area contributed by atoms with Crippen LogP contribution >= 0.6 is 11.6 Å². The first-order valence-electron chi connectivity index (χ1n) is 2.63. The van der Waals surface area contributed by atoms with Crippen LogP contribution in [0.3, 0.4) is 0 Å². The third-order valence-electron chi connectivity index (χ3n) is 0.565. The molecule has 0 aromatic heterocycles. The molecule has 0 saturated heterocycles. The van der Waals surface area contributed by atoms with E-state index in [0.717, 1.165) is 0 Å². The molecule has 0 N–H and O–H groups in total. The first-order chi connectivity index (χ1) is 4.16. The highest BCUT2D eigenvalue weighted by atomic mass is 35.5. The first-order valence-corrected chi connectivity index (χ1v) is 3.01. The van der Waals surface area contributed by atoms with Crippen LogP contribution < -0.4 is 0 Å². The Morgan fingerprint density at radius 3 is 2.56 bits per heavy atom. The zero-order valence-corrected chi connectivity index (χ0v) is 6.18. The molecule has 0 saturated carbocycles. The van der Waals surface area contributed by atoms with Crippen LogP contribution in [0.2, 0.25) is 0 Å². The monoisotopic (exact) mass is 148 g/mol. The van der Waals surface area contributed by atoms with Crippen LogP contribution in [-0.2, 0) is 9.53 Å². The Hall–Kier alpha value is -0.500. The first kappa shape index (κ1) is 8.50. The number of hydrogen-bond donors (Lipinski definition) is 0.